The number of rotatable bonds is 5. The number of hydrogen-bond acceptors (Lipinski definition) is 2. The summed E-state index contributed by atoms with van der Waals surface area (Å²) in [5.74, 6) is -0.161. The predicted octanol–water partition coefficient (Wildman–Crippen LogP) is 2.77. The van der Waals surface area contributed by atoms with E-state index in [9.17, 15) is 4.39 Å². The van der Waals surface area contributed by atoms with E-state index in [4.69, 9.17) is 0 Å². The lowest BCUT2D eigenvalue weighted by atomic mass is 10.1. The number of nitrogens with one attached hydrogen (secondary N) is 1. The van der Waals surface area contributed by atoms with Gasteiger partial charge in [-0.2, -0.15) is 0 Å². The minimum Gasteiger partial charge on any atom is -0.314 e. The maximum absolute atomic E-state index is 13.2. The van der Waals surface area contributed by atoms with Crippen LogP contribution in [0.15, 0.2) is 22.7 Å². The first-order chi connectivity index (χ1) is 8.20. The molecule has 0 radical (unpaired) electrons. The van der Waals surface area contributed by atoms with E-state index in [1.165, 1.54) is 6.07 Å². The maximum Gasteiger partial charge on any atom is 0.123 e. The second-order valence-electron chi connectivity index (χ2n) is 4.52. The molecule has 0 aromatic heterocycles. The molecule has 2 nitrogen and oxygen atoms in total. The molecule has 2 rings (SSSR count). The molecule has 1 aliphatic rings. The Morgan fingerprint density at radius 1 is 1.47 bits per heavy atom. The summed E-state index contributed by atoms with van der Waals surface area (Å²) in [6.45, 7) is 6.16. The van der Waals surface area contributed by atoms with Gasteiger partial charge in [-0.15, -0.1) is 0 Å². The average molecular weight is 301 g/mol. The third-order valence-electron chi connectivity index (χ3n) is 3.17. The second-order valence-corrected chi connectivity index (χ2v) is 5.37. The van der Waals surface area contributed by atoms with E-state index < -0.39 is 0 Å². The fourth-order valence-corrected chi connectivity index (χ4v) is 2.46. The lowest BCUT2D eigenvalue weighted by Gasteiger charge is -2.38. The van der Waals surface area contributed by atoms with Gasteiger partial charge in [0.15, 0.2) is 0 Å². The highest BCUT2D eigenvalue weighted by molar-refractivity contribution is 9.10. The van der Waals surface area contributed by atoms with Crippen LogP contribution in [-0.4, -0.2) is 30.6 Å². The van der Waals surface area contributed by atoms with E-state index in [1.54, 1.807) is 12.1 Å². The first-order valence-corrected chi connectivity index (χ1v) is 6.88. The normalized spacial score (nSPS) is 16.2. The average Bonchev–Trinajstić information content (AvgIpc) is 2.21. The Bertz CT molecular complexity index is 380. The van der Waals surface area contributed by atoms with Gasteiger partial charge in [-0.05, 0) is 36.7 Å². The summed E-state index contributed by atoms with van der Waals surface area (Å²) in [5, 5.41) is 3.28. The molecular formula is C13H18BrFN2. The smallest absolute Gasteiger partial charge is 0.123 e. The summed E-state index contributed by atoms with van der Waals surface area (Å²) in [7, 11) is 0. The largest absolute Gasteiger partial charge is 0.314 e. The van der Waals surface area contributed by atoms with Crippen molar-refractivity contribution in [3.63, 3.8) is 0 Å². The van der Waals surface area contributed by atoms with Crippen LogP contribution < -0.4 is 5.32 Å². The van der Waals surface area contributed by atoms with E-state index in [2.05, 4.69) is 33.1 Å². The fraction of sp³-hybridized carbons (Fsp3) is 0.538. The zero-order valence-corrected chi connectivity index (χ0v) is 11.6. The molecule has 0 aliphatic carbocycles. The van der Waals surface area contributed by atoms with Crippen molar-refractivity contribution in [2.45, 2.75) is 25.9 Å². The molecule has 4 heteroatoms. The maximum atomic E-state index is 13.2. The minimum atomic E-state index is -0.161. The van der Waals surface area contributed by atoms with Gasteiger partial charge in [0.1, 0.15) is 5.82 Å². The van der Waals surface area contributed by atoms with Gasteiger partial charge in [-0.3, -0.25) is 4.90 Å². The number of benzene rings is 1. The third-order valence-corrected chi connectivity index (χ3v) is 3.94. The number of hydrogen-bond donors (Lipinski definition) is 1. The summed E-state index contributed by atoms with van der Waals surface area (Å²) in [6, 6.07) is 5.50. The van der Waals surface area contributed by atoms with E-state index in [0.717, 1.165) is 42.6 Å². The van der Waals surface area contributed by atoms with Gasteiger partial charge >= 0.3 is 0 Å². The predicted molar refractivity (Wildman–Crippen MR) is 71.5 cm³/mol. The van der Waals surface area contributed by atoms with Gasteiger partial charge in [0.05, 0.1) is 0 Å². The Kier molecular flexibility index (Phi) is 4.54. The molecule has 17 heavy (non-hydrogen) atoms. The molecular weight excluding hydrogens is 283 g/mol. The van der Waals surface area contributed by atoms with Crippen molar-refractivity contribution in [2.24, 2.45) is 0 Å². The quantitative estimate of drug-likeness (QED) is 0.899. The topological polar surface area (TPSA) is 15.3 Å². The van der Waals surface area contributed by atoms with Gasteiger partial charge in [0, 0.05) is 30.1 Å². The standard InChI is InChI=1S/C13H18BrFN2/c1-2-5-17(12-7-16-8-12)9-10-6-11(15)3-4-13(10)14/h3-4,6,12,16H,2,5,7-9H2,1H3. The Balaban J connectivity index is 2.07. The zero-order chi connectivity index (χ0) is 12.3. The molecule has 1 aliphatic heterocycles. The van der Waals surface area contributed by atoms with E-state index in [-0.39, 0.29) is 5.82 Å². The number of halogens is 2. The van der Waals surface area contributed by atoms with Crippen LogP contribution in [0.3, 0.4) is 0 Å². The Morgan fingerprint density at radius 3 is 2.82 bits per heavy atom. The molecule has 0 saturated carbocycles. The number of nitrogens with zero attached hydrogens (tertiary/aromatic N) is 1. The van der Waals surface area contributed by atoms with Crippen molar-refractivity contribution in [1.29, 1.82) is 0 Å². The zero-order valence-electron chi connectivity index (χ0n) is 10.0. The molecule has 1 aromatic carbocycles. The van der Waals surface area contributed by atoms with Crippen LogP contribution in [0.25, 0.3) is 0 Å². The lowest BCUT2D eigenvalue weighted by Crippen LogP contribution is -2.57. The van der Waals surface area contributed by atoms with Gasteiger partial charge in [0.2, 0.25) is 0 Å². The van der Waals surface area contributed by atoms with E-state index in [0.29, 0.717) is 6.04 Å². The first kappa shape index (κ1) is 13.0. The van der Waals surface area contributed by atoms with Crippen molar-refractivity contribution >= 4 is 15.9 Å². The molecule has 1 fully saturated rings. The van der Waals surface area contributed by atoms with Crippen LogP contribution in [0, 0.1) is 5.82 Å². The van der Waals surface area contributed by atoms with E-state index >= 15 is 0 Å². The molecule has 1 heterocycles. The van der Waals surface area contributed by atoms with E-state index in [1.807, 2.05) is 0 Å². The first-order valence-electron chi connectivity index (χ1n) is 6.09. The van der Waals surface area contributed by atoms with Crippen LogP contribution in [0.2, 0.25) is 0 Å². The van der Waals surface area contributed by atoms with Crippen LogP contribution in [0.5, 0.6) is 0 Å². The molecule has 0 bridgehead atoms. The van der Waals surface area contributed by atoms with Gasteiger partial charge in [-0.1, -0.05) is 22.9 Å². The van der Waals surface area contributed by atoms with Crippen LogP contribution in [0.1, 0.15) is 18.9 Å². The van der Waals surface area contributed by atoms with Crippen LogP contribution >= 0.6 is 15.9 Å². The molecule has 0 amide bonds. The molecule has 1 aromatic rings. The van der Waals surface area contributed by atoms with Gasteiger partial charge in [-0.25, -0.2) is 4.39 Å². The molecule has 94 valence electrons. The summed E-state index contributed by atoms with van der Waals surface area (Å²) >= 11 is 3.49. The fourth-order valence-electron chi connectivity index (χ4n) is 2.09. The second kappa shape index (κ2) is 5.94. The molecule has 0 atom stereocenters. The third kappa shape index (κ3) is 3.27. The van der Waals surface area contributed by atoms with Crippen molar-refractivity contribution in [2.75, 3.05) is 19.6 Å². The summed E-state index contributed by atoms with van der Waals surface area (Å²) in [6.07, 6.45) is 1.13. The van der Waals surface area contributed by atoms with Crippen LogP contribution in [0.4, 0.5) is 4.39 Å². The monoisotopic (exact) mass is 300 g/mol. The molecule has 0 spiro atoms. The highest BCUT2D eigenvalue weighted by atomic mass is 79.9. The molecule has 1 saturated heterocycles. The Morgan fingerprint density at radius 2 is 2.24 bits per heavy atom. The summed E-state index contributed by atoms with van der Waals surface area (Å²) in [4.78, 5) is 2.43. The van der Waals surface area contributed by atoms with Gasteiger partial charge < -0.3 is 5.32 Å². The van der Waals surface area contributed by atoms with Crippen molar-refractivity contribution in [1.82, 2.24) is 10.2 Å². The van der Waals surface area contributed by atoms with Crippen molar-refractivity contribution in [3.8, 4) is 0 Å². The molecule has 1 N–H and O–H groups in total. The SMILES string of the molecule is CCCN(Cc1cc(F)ccc1Br)C1CNC1. The summed E-state index contributed by atoms with van der Waals surface area (Å²) in [5.41, 5.74) is 1.03. The highest BCUT2D eigenvalue weighted by Gasteiger charge is 2.24. The van der Waals surface area contributed by atoms with Crippen molar-refractivity contribution in [3.05, 3.63) is 34.1 Å². The summed E-state index contributed by atoms with van der Waals surface area (Å²) < 4.78 is 14.2. The Labute approximate surface area is 110 Å². The highest BCUT2D eigenvalue weighted by Crippen LogP contribution is 2.21. The van der Waals surface area contributed by atoms with Crippen LogP contribution in [-0.2, 0) is 6.54 Å². The Hall–Kier alpha value is -0.450. The lowest BCUT2D eigenvalue weighted by molar-refractivity contribution is 0.137. The van der Waals surface area contributed by atoms with Crippen molar-refractivity contribution < 1.29 is 4.39 Å². The minimum absolute atomic E-state index is 0.161. The molecule has 0 unspecified atom stereocenters. The van der Waals surface area contributed by atoms with Gasteiger partial charge in [0.25, 0.3) is 0 Å².